The molecule has 3 N–H and O–H groups in total. The summed E-state index contributed by atoms with van der Waals surface area (Å²) in [5.41, 5.74) is 10.7. The Morgan fingerprint density at radius 2 is 1.72 bits per heavy atom. The van der Waals surface area contributed by atoms with Gasteiger partial charge < -0.3 is 11.1 Å². The number of aryl methyl sites for hydroxylation is 1. The molecule has 0 fully saturated rings. The molecule has 0 unspecified atom stereocenters. The molecule has 0 aliphatic carbocycles. The molecule has 1 aromatic heterocycles. The molecule has 4 rings (SSSR count). The van der Waals surface area contributed by atoms with E-state index in [9.17, 15) is 9.59 Å². The van der Waals surface area contributed by atoms with Crippen LogP contribution in [-0.2, 0) is 4.79 Å². The van der Waals surface area contributed by atoms with E-state index in [1.807, 2.05) is 67.7 Å². The van der Waals surface area contributed by atoms with E-state index in [-0.39, 0.29) is 5.91 Å². The molecular formula is C26H22N4O2. The Balaban J connectivity index is 1.63. The topological polar surface area (TPSA) is 90.0 Å². The number of carbonyl (C=O) groups excluding carboxylic acids is 2. The molecule has 0 aliphatic rings. The molecule has 158 valence electrons. The second-order valence-electron chi connectivity index (χ2n) is 7.35. The molecule has 4 aromatic rings. The fourth-order valence-electron chi connectivity index (χ4n) is 3.26. The van der Waals surface area contributed by atoms with E-state index in [1.165, 1.54) is 6.08 Å². The van der Waals surface area contributed by atoms with Crippen LogP contribution in [0.3, 0.4) is 0 Å². The number of rotatable bonds is 6. The number of benzene rings is 3. The maximum atomic E-state index is 12.5. The van der Waals surface area contributed by atoms with E-state index in [4.69, 9.17) is 10.8 Å². The van der Waals surface area contributed by atoms with E-state index in [1.54, 1.807) is 35.0 Å². The number of para-hydroxylation sites is 1. The lowest BCUT2D eigenvalue weighted by molar-refractivity contribution is -0.111. The van der Waals surface area contributed by atoms with E-state index < -0.39 is 5.91 Å². The van der Waals surface area contributed by atoms with Crippen molar-refractivity contribution in [3.8, 4) is 16.9 Å². The number of nitrogens with two attached hydrogens (primary N) is 1. The third kappa shape index (κ3) is 4.82. The Hall–Kier alpha value is -4.45. The summed E-state index contributed by atoms with van der Waals surface area (Å²) in [6.07, 6.45) is 5.07. The summed E-state index contributed by atoms with van der Waals surface area (Å²) >= 11 is 0. The van der Waals surface area contributed by atoms with Crippen LogP contribution in [0.25, 0.3) is 23.0 Å². The zero-order valence-corrected chi connectivity index (χ0v) is 17.5. The van der Waals surface area contributed by atoms with E-state index >= 15 is 0 Å². The molecule has 0 spiro atoms. The van der Waals surface area contributed by atoms with Crippen molar-refractivity contribution in [2.45, 2.75) is 6.92 Å². The number of aromatic nitrogens is 2. The van der Waals surface area contributed by atoms with Crippen LogP contribution in [-0.4, -0.2) is 21.6 Å². The molecule has 0 aliphatic heterocycles. The van der Waals surface area contributed by atoms with Gasteiger partial charge in [-0.2, -0.15) is 5.10 Å². The molecule has 0 saturated carbocycles. The van der Waals surface area contributed by atoms with Gasteiger partial charge in [-0.15, -0.1) is 0 Å². The Morgan fingerprint density at radius 1 is 0.969 bits per heavy atom. The standard InChI is InChI=1S/C26H22N4O2/c1-18-10-12-19(13-11-18)25-21(17-30(29-25)23-8-3-2-4-9-23)14-15-24(31)28-22-7-5-6-20(16-22)26(27)32/h2-17H,1H3,(H2,27,32)(H,28,31)/b15-14+. The van der Waals surface area contributed by atoms with Crippen LogP contribution in [0.15, 0.2) is 91.1 Å². The first-order valence-electron chi connectivity index (χ1n) is 10.1. The van der Waals surface area contributed by atoms with E-state index in [0.29, 0.717) is 11.3 Å². The molecule has 0 saturated heterocycles. The van der Waals surface area contributed by atoms with Crippen molar-refractivity contribution in [1.82, 2.24) is 9.78 Å². The van der Waals surface area contributed by atoms with Gasteiger partial charge in [0.15, 0.2) is 0 Å². The molecule has 6 heteroatoms. The van der Waals surface area contributed by atoms with Crippen molar-refractivity contribution in [3.05, 3.63) is 108 Å². The minimum absolute atomic E-state index is 0.325. The van der Waals surface area contributed by atoms with Gasteiger partial charge in [0.2, 0.25) is 11.8 Å². The quantitative estimate of drug-likeness (QED) is 0.445. The molecule has 3 aromatic carbocycles. The summed E-state index contributed by atoms with van der Waals surface area (Å²) in [5.74, 6) is -0.873. The summed E-state index contributed by atoms with van der Waals surface area (Å²) in [5, 5.41) is 7.51. The van der Waals surface area contributed by atoms with Crippen molar-refractivity contribution in [3.63, 3.8) is 0 Å². The summed E-state index contributed by atoms with van der Waals surface area (Å²) in [6.45, 7) is 2.03. The molecular weight excluding hydrogens is 400 g/mol. The van der Waals surface area contributed by atoms with Gasteiger partial charge in [-0.3, -0.25) is 9.59 Å². The summed E-state index contributed by atoms with van der Waals surface area (Å²) < 4.78 is 1.79. The molecule has 0 bridgehead atoms. The molecule has 0 atom stereocenters. The Kier molecular flexibility index (Phi) is 5.94. The van der Waals surface area contributed by atoms with Crippen molar-refractivity contribution < 1.29 is 9.59 Å². The molecule has 0 radical (unpaired) electrons. The van der Waals surface area contributed by atoms with Gasteiger partial charge in [-0.1, -0.05) is 54.1 Å². The first-order chi connectivity index (χ1) is 15.5. The van der Waals surface area contributed by atoms with Crippen LogP contribution in [0.2, 0.25) is 0 Å². The predicted octanol–water partition coefficient (Wildman–Crippen LogP) is 4.60. The zero-order valence-electron chi connectivity index (χ0n) is 17.5. The van der Waals surface area contributed by atoms with E-state index in [0.717, 1.165) is 28.1 Å². The van der Waals surface area contributed by atoms with Gasteiger partial charge in [0.1, 0.15) is 0 Å². The zero-order chi connectivity index (χ0) is 22.5. The normalized spacial score (nSPS) is 10.9. The van der Waals surface area contributed by atoms with Gasteiger partial charge in [0.05, 0.1) is 11.4 Å². The van der Waals surface area contributed by atoms with Gasteiger partial charge in [0.25, 0.3) is 0 Å². The monoisotopic (exact) mass is 422 g/mol. The largest absolute Gasteiger partial charge is 0.366 e. The number of nitrogens with one attached hydrogen (secondary N) is 1. The third-order valence-corrected chi connectivity index (χ3v) is 4.92. The van der Waals surface area contributed by atoms with Crippen LogP contribution < -0.4 is 11.1 Å². The third-order valence-electron chi connectivity index (χ3n) is 4.92. The Morgan fingerprint density at radius 3 is 2.44 bits per heavy atom. The first-order valence-corrected chi connectivity index (χ1v) is 10.1. The lowest BCUT2D eigenvalue weighted by atomic mass is 10.1. The summed E-state index contributed by atoms with van der Waals surface area (Å²) in [7, 11) is 0. The van der Waals surface area contributed by atoms with Gasteiger partial charge >= 0.3 is 0 Å². The van der Waals surface area contributed by atoms with Crippen molar-refractivity contribution in [1.29, 1.82) is 0 Å². The summed E-state index contributed by atoms with van der Waals surface area (Å²) in [6, 6.07) is 24.4. The number of nitrogens with zero attached hydrogens (tertiary/aromatic N) is 2. The minimum Gasteiger partial charge on any atom is -0.366 e. The average Bonchev–Trinajstić information content (AvgIpc) is 3.23. The van der Waals surface area contributed by atoms with Gasteiger partial charge in [0, 0.05) is 34.7 Å². The highest BCUT2D eigenvalue weighted by atomic mass is 16.1. The number of anilines is 1. The second-order valence-corrected chi connectivity index (χ2v) is 7.35. The predicted molar refractivity (Wildman–Crippen MR) is 126 cm³/mol. The number of carbonyl (C=O) groups is 2. The molecule has 2 amide bonds. The number of primary amides is 1. The Labute approximate surface area is 186 Å². The first kappa shape index (κ1) is 20.8. The minimum atomic E-state index is -0.548. The van der Waals surface area contributed by atoms with Crippen molar-refractivity contribution in [2.75, 3.05) is 5.32 Å². The van der Waals surface area contributed by atoms with Crippen LogP contribution >= 0.6 is 0 Å². The van der Waals surface area contributed by atoms with Crippen molar-refractivity contribution in [2.24, 2.45) is 5.73 Å². The highest BCUT2D eigenvalue weighted by molar-refractivity contribution is 6.03. The fraction of sp³-hybridized carbons (Fsp3) is 0.0385. The van der Waals surface area contributed by atoms with Crippen LogP contribution in [0.4, 0.5) is 5.69 Å². The van der Waals surface area contributed by atoms with E-state index in [2.05, 4.69) is 5.32 Å². The van der Waals surface area contributed by atoms with Gasteiger partial charge in [-0.25, -0.2) is 4.68 Å². The number of hydrogen-bond donors (Lipinski definition) is 2. The summed E-state index contributed by atoms with van der Waals surface area (Å²) in [4.78, 5) is 23.8. The lowest BCUT2D eigenvalue weighted by Crippen LogP contribution is -2.12. The molecule has 32 heavy (non-hydrogen) atoms. The Bertz CT molecular complexity index is 1290. The van der Waals surface area contributed by atoms with Crippen molar-refractivity contribution >= 4 is 23.6 Å². The number of hydrogen-bond acceptors (Lipinski definition) is 3. The second kappa shape index (κ2) is 9.14. The molecule has 6 nitrogen and oxygen atoms in total. The fourth-order valence-corrected chi connectivity index (χ4v) is 3.26. The SMILES string of the molecule is Cc1ccc(-c2nn(-c3ccccc3)cc2/C=C/C(=O)Nc2cccc(C(N)=O)c2)cc1. The number of amides is 2. The average molecular weight is 422 g/mol. The van der Waals surface area contributed by atoms with Crippen LogP contribution in [0.5, 0.6) is 0 Å². The highest BCUT2D eigenvalue weighted by Gasteiger charge is 2.11. The maximum Gasteiger partial charge on any atom is 0.248 e. The van der Waals surface area contributed by atoms with Crippen LogP contribution in [0, 0.1) is 6.92 Å². The molecule has 1 heterocycles. The maximum absolute atomic E-state index is 12.5. The smallest absolute Gasteiger partial charge is 0.248 e. The highest BCUT2D eigenvalue weighted by Crippen LogP contribution is 2.25. The van der Waals surface area contributed by atoms with Gasteiger partial charge in [-0.05, 0) is 43.3 Å². The van der Waals surface area contributed by atoms with Crippen LogP contribution in [0.1, 0.15) is 21.5 Å². The lowest BCUT2D eigenvalue weighted by Gasteiger charge is -2.03.